The van der Waals surface area contributed by atoms with Gasteiger partial charge >= 0.3 is 6.03 Å². The molecule has 2 amide bonds. The zero-order chi connectivity index (χ0) is 18.5. The van der Waals surface area contributed by atoms with Crippen LogP contribution in [0.25, 0.3) is 0 Å². The first-order chi connectivity index (χ1) is 13.3. The lowest BCUT2D eigenvalue weighted by atomic mass is 9.96. The highest BCUT2D eigenvalue weighted by Gasteiger charge is 2.26. The first-order valence-corrected chi connectivity index (χ1v) is 8.79. The average Bonchev–Trinajstić information content (AvgIpc) is 2.73. The number of nitrogens with one attached hydrogen (secondary N) is 2. The molecule has 3 aromatic rings. The summed E-state index contributed by atoms with van der Waals surface area (Å²) in [7, 11) is 0. The van der Waals surface area contributed by atoms with Crippen molar-refractivity contribution in [3.05, 3.63) is 96.1 Å². The standard InChI is InChI=1S/C22H19N3O2/c26-22(23-17-11-5-2-6-12-17)25-24-19-15-21(16-9-3-1-4-10-16)27-20-14-8-7-13-18(19)20/h1-14,21H,15H2,(H2,23,25,26). The Bertz CT molecular complexity index is 956. The van der Waals surface area contributed by atoms with Crippen LogP contribution in [0.2, 0.25) is 0 Å². The van der Waals surface area contributed by atoms with Crippen LogP contribution >= 0.6 is 0 Å². The zero-order valence-corrected chi connectivity index (χ0v) is 14.6. The van der Waals surface area contributed by atoms with E-state index in [2.05, 4.69) is 15.8 Å². The van der Waals surface area contributed by atoms with Gasteiger partial charge in [-0.1, -0.05) is 60.7 Å². The lowest BCUT2D eigenvalue weighted by Gasteiger charge is -2.27. The Morgan fingerprint density at radius 2 is 1.56 bits per heavy atom. The number of nitrogens with zero attached hydrogens (tertiary/aromatic N) is 1. The van der Waals surface area contributed by atoms with Gasteiger partial charge in [0.15, 0.2) is 0 Å². The number of ether oxygens (including phenoxy) is 1. The van der Waals surface area contributed by atoms with Gasteiger partial charge < -0.3 is 10.1 Å². The summed E-state index contributed by atoms with van der Waals surface area (Å²) in [6.07, 6.45) is 0.436. The summed E-state index contributed by atoms with van der Waals surface area (Å²) in [6, 6.07) is 26.6. The highest BCUT2D eigenvalue weighted by atomic mass is 16.5. The molecule has 2 N–H and O–H groups in total. The van der Waals surface area contributed by atoms with Gasteiger partial charge in [-0.05, 0) is 29.8 Å². The minimum atomic E-state index is -0.381. The summed E-state index contributed by atoms with van der Waals surface area (Å²) in [6.45, 7) is 0. The van der Waals surface area contributed by atoms with Crippen LogP contribution in [0.4, 0.5) is 10.5 Å². The molecular weight excluding hydrogens is 338 g/mol. The van der Waals surface area contributed by atoms with Crippen LogP contribution in [0.3, 0.4) is 0 Å². The molecule has 0 bridgehead atoms. The predicted molar refractivity (Wildman–Crippen MR) is 106 cm³/mol. The molecule has 0 aromatic heterocycles. The minimum absolute atomic E-state index is 0.140. The summed E-state index contributed by atoms with van der Waals surface area (Å²) in [4.78, 5) is 12.2. The highest BCUT2D eigenvalue weighted by Crippen LogP contribution is 2.34. The number of urea groups is 1. The number of carbonyl (C=O) groups is 1. The normalized spacial score (nSPS) is 16.9. The van der Waals surface area contributed by atoms with Crippen LogP contribution in [0.5, 0.6) is 5.75 Å². The van der Waals surface area contributed by atoms with E-state index < -0.39 is 0 Å². The van der Waals surface area contributed by atoms with Gasteiger partial charge in [-0.2, -0.15) is 5.10 Å². The molecule has 1 atom stereocenters. The van der Waals surface area contributed by atoms with Gasteiger partial charge in [0.05, 0.1) is 5.71 Å². The Balaban J connectivity index is 1.54. The molecule has 0 aliphatic carbocycles. The van der Waals surface area contributed by atoms with Gasteiger partial charge in [0.1, 0.15) is 11.9 Å². The second-order valence-corrected chi connectivity index (χ2v) is 6.21. The number of hydrazone groups is 1. The van der Waals surface area contributed by atoms with Crippen molar-refractivity contribution in [3.63, 3.8) is 0 Å². The molecular formula is C22H19N3O2. The number of hydrogen-bond donors (Lipinski definition) is 2. The van der Waals surface area contributed by atoms with E-state index in [4.69, 9.17) is 4.74 Å². The van der Waals surface area contributed by atoms with E-state index >= 15 is 0 Å². The van der Waals surface area contributed by atoms with Gasteiger partial charge in [-0.25, -0.2) is 10.2 Å². The molecule has 134 valence electrons. The molecule has 5 nitrogen and oxygen atoms in total. The quantitative estimate of drug-likeness (QED) is 0.665. The van der Waals surface area contributed by atoms with E-state index in [9.17, 15) is 4.79 Å². The van der Waals surface area contributed by atoms with Crippen molar-refractivity contribution >= 4 is 17.4 Å². The molecule has 0 spiro atoms. The average molecular weight is 357 g/mol. The minimum Gasteiger partial charge on any atom is -0.485 e. The zero-order valence-electron chi connectivity index (χ0n) is 14.6. The van der Waals surface area contributed by atoms with Crippen molar-refractivity contribution < 1.29 is 9.53 Å². The number of amides is 2. The first kappa shape index (κ1) is 16.8. The monoisotopic (exact) mass is 357 g/mol. The SMILES string of the molecule is O=C(NN=C1CC(c2ccccc2)Oc2ccccc21)Nc1ccccc1. The Kier molecular flexibility index (Phi) is 4.83. The second-order valence-electron chi connectivity index (χ2n) is 6.21. The first-order valence-electron chi connectivity index (χ1n) is 8.79. The predicted octanol–water partition coefficient (Wildman–Crippen LogP) is 4.74. The van der Waals surface area contributed by atoms with E-state index in [0.717, 1.165) is 22.6 Å². The van der Waals surface area contributed by atoms with Gasteiger partial charge in [-0.15, -0.1) is 0 Å². The van der Waals surface area contributed by atoms with Crippen molar-refractivity contribution in [2.24, 2.45) is 5.10 Å². The van der Waals surface area contributed by atoms with Crippen molar-refractivity contribution in [2.75, 3.05) is 5.32 Å². The Labute approximate surface area is 157 Å². The van der Waals surface area contributed by atoms with Gasteiger partial charge in [-0.3, -0.25) is 0 Å². The molecule has 1 heterocycles. The third kappa shape index (κ3) is 3.98. The van der Waals surface area contributed by atoms with Gasteiger partial charge in [0.25, 0.3) is 0 Å². The van der Waals surface area contributed by atoms with Gasteiger partial charge in [0, 0.05) is 17.7 Å². The third-order valence-corrected chi connectivity index (χ3v) is 4.34. The number of rotatable bonds is 3. The molecule has 4 rings (SSSR count). The van der Waals surface area contributed by atoms with Crippen LogP contribution in [-0.2, 0) is 0 Å². The topological polar surface area (TPSA) is 62.7 Å². The van der Waals surface area contributed by atoms with Crippen LogP contribution in [-0.4, -0.2) is 11.7 Å². The fraction of sp³-hybridized carbons (Fsp3) is 0.0909. The maximum absolute atomic E-state index is 12.2. The molecule has 1 aliphatic rings. The van der Waals surface area contributed by atoms with E-state index in [1.165, 1.54) is 0 Å². The third-order valence-electron chi connectivity index (χ3n) is 4.34. The fourth-order valence-corrected chi connectivity index (χ4v) is 3.05. The Morgan fingerprint density at radius 1 is 0.889 bits per heavy atom. The van der Waals surface area contributed by atoms with Crippen molar-refractivity contribution in [3.8, 4) is 5.75 Å². The molecule has 1 unspecified atom stereocenters. The molecule has 0 radical (unpaired) electrons. The summed E-state index contributed by atoms with van der Waals surface area (Å²) < 4.78 is 6.14. The van der Waals surface area contributed by atoms with E-state index in [1.54, 1.807) is 0 Å². The van der Waals surface area contributed by atoms with Crippen molar-refractivity contribution in [1.82, 2.24) is 5.43 Å². The summed E-state index contributed by atoms with van der Waals surface area (Å²) >= 11 is 0. The molecule has 5 heteroatoms. The van der Waals surface area contributed by atoms with Gasteiger partial charge in [0.2, 0.25) is 0 Å². The lowest BCUT2D eigenvalue weighted by Crippen LogP contribution is -2.28. The molecule has 0 fully saturated rings. The Hall–Kier alpha value is -3.60. The lowest BCUT2D eigenvalue weighted by molar-refractivity contribution is 0.206. The fourth-order valence-electron chi connectivity index (χ4n) is 3.05. The Morgan fingerprint density at radius 3 is 2.33 bits per heavy atom. The van der Waals surface area contributed by atoms with Crippen molar-refractivity contribution in [2.45, 2.75) is 12.5 Å². The van der Waals surface area contributed by atoms with Crippen LogP contribution in [0.15, 0.2) is 90.0 Å². The maximum Gasteiger partial charge on any atom is 0.339 e. The molecule has 3 aromatic carbocycles. The van der Waals surface area contributed by atoms with Crippen molar-refractivity contribution in [1.29, 1.82) is 0 Å². The molecule has 0 saturated heterocycles. The number of hydrogen-bond acceptors (Lipinski definition) is 3. The second kappa shape index (κ2) is 7.74. The number of benzene rings is 3. The van der Waals surface area contributed by atoms with E-state index in [0.29, 0.717) is 12.1 Å². The van der Waals surface area contributed by atoms with Crippen LogP contribution in [0.1, 0.15) is 23.7 Å². The molecule has 27 heavy (non-hydrogen) atoms. The summed E-state index contributed by atoms with van der Waals surface area (Å²) in [5, 5.41) is 7.13. The maximum atomic E-state index is 12.2. The number of carbonyl (C=O) groups excluding carboxylic acids is 1. The number of fused-ring (bicyclic) bond motifs is 1. The van der Waals surface area contributed by atoms with E-state index in [-0.39, 0.29) is 12.1 Å². The van der Waals surface area contributed by atoms with Crippen LogP contribution < -0.4 is 15.5 Å². The smallest absolute Gasteiger partial charge is 0.339 e. The number of para-hydroxylation sites is 2. The summed E-state index contributed by atoms with van der Waals surface area (Å²) in [5.41, 5.74) is 6.07. The summed E-state index contributed by atoms with van der Waals surface area (Å²) in [5.74, 6) is 0.765. The van der Waals surface area contributed by atoms with E-state index in [1.807, 2.05) is 84.9 Å². The number of anilines is 1. The molecule has 1 aliphatic heterocycles. The highest BCUT2D eigenvalue weighted by molar-refractivity contribution is 6.04. The largest absolute Gasteiger partial charge is 0.485 e. The van der Waals surface area contributed by atoms with Crippen LogP contribution in [0, 0.1) is 0 Å². The molecule has 0 saturated carbocycles.